The summed E-state index contributed by atoms with van der Waals surface area (Å²) in [6, 6.07) is 0.729. The van der Waals surface area contributed by atoms with Gasteiger partial charge in [-0.25, -0.2) is 0 Å². The Hall–Kier alpha value is -0.600. The third-order valence-electron chi connectivity index (χ3n) is 7.68. The number of hydrogen-bond donors (Lipinski definition) is 0. The van der Waals surface area contributed by atoms with Crippen molar-refractivity contribution in [2.75, 3.05) is 19.7 Å². The lowest BCUT2D eigenvalue weighted by Crippen LogP contribution is -2.45. The van der Waals surface area contributed by atoms with Crippen LogP contribution in [0.5, 0.6) is 0 Å². The molecule has 2 heterocycles. The summed E-state index contributed by atoms with van der Waals surface area (Å²) in [6.45, 7) is 17.0. The Morgan fingerprint density at radius 2 is 2.12 bits per heavy atom. The number of nitrogens with zero attached hydrogens (tertiary/aromatic N) is 1. The summed E-state index contributed by atoms with van der Waals surface area (Å²) in [7, 11) is 0. The van der Waals surface area contributed by atoms with Gasteiger partial charge < -0.3 is 4.74 Å². The maximum Gasteiger partial charge on any atom is 0.0642 e. The topological polar surface area (TPSA) is 12.5 Å². The Bertz CT molecular complexity index is 558. The molecule has 2 aliphatic carbocycles. The lowest BCUT2D eigenvalue weighted by molar-refractivity contribution is -0.0238. The zero-order valence-electron chi connectivity index (χ0n) is 16.1. The largest absolute Gasteiger partial charge is 0.374 e. The molecule has 0 radical (unpaired) electrons. The van der Waals surface area contributed by atoms with E-state index in [1.807, 2.05) is 0 Å². The highest BCUT2D eigenvalue weighted by atomic mass is 16.5. The first-order valence-electron chi connectivity index (χ1n) is 10.0. The van der Waals surface area contributed by atoms with Crippen LogP contribution in [0.3, 0.4) is 0 Å². The van der Waals surface area contributed by atoms with Crippen molar-refractivity contribution >= 4 is 0 Å². The van der Waals surface area contributed by atoms with Gasteiger partial charge in [0.1, 0.15) is 0 Å². The third-order valence-corrected chi connectivity index (χ3v) is 7.68. The summed E-state index contributed by atoms with van der Waals surface area (Å²) < 4.78 is 6.17. The Labute approximate surface area is 148 Å². The normalized spacial score (nSPS) is 43.9. The highest BCUT2D eigenvalue weighted by molar-refractivity contribution is 5.26. The lowest BCUT2D eigenvalue weighted by atomic mass is 9.58. The third kappa shape index (κ3) is 2.52. The molecule has 24 heavy (non-hydrogen) atoms. The van der Waals surface area contributed by atoms with Crippen LogP contribution in [0.25, 0.3) is 0 Å². The van der Waals surface area contributed by atoms with Crippen LogP contribution >= 0.6 is 0 Å². The predicted molar refractivity (Wildman–Crippen MR) is 100.0 cm³/mol. The molecule has 0 aromatic heterocycles. The number of hydrogen-bond acceptors (Lipinski definition) is 2. The zero-order valence-corrected chi connectivity index (χ0v) is 16.1. The van der Waals surface area contributed by atoms with E-state index in [4.69, 9.17) is 4.74 Å². The number of allylic oxidation sites excluding steroid dienone is 3. The van der Waals surface area contributed by atoms with Crippen molar-refractivity contribution in [3.8, 4) is 0 Å². The molecular weight excluding hydrogens is 294 g/mol. The van der Waals surface area contributed by atoms with E-state index in [1.54, 1.807) is 5.57 Å². The van der Waals surface area contributed by atoms with E-state index in [0.29, 0.717) is 11.3 Å². The fourth-order valence-corrected chi connectivity index (χ4v) is 6.54. The second-order valence-electron chi connectivity index (χ2n) is 9.80. The highest BCUT2D eigenvalue weighted by Gasteiger charge is 2.63. The number of rotatable bonds is 2. The smallest absolute Gasteiger partial charge is 0.0642 e. The molecule has 4 fully saturated rings. The van der Waals surface area contributed by atoms with Gasteiger partial charge in [0.05, 0.1) is 12.2 Å². The van der Waals surface area contributed by atoms with Crippen LogP contribution in [0.1, 0.15) is 59.8 Å². The van der Waals surface area contributed by atoms with Crippen molar-refractivity contribution in [2.24, 2.45) is 23.2 Å². The van der Waals surface area contributed by atoms with Gasteiger partial charge in [-0.05, 0) is 83.0 Å². The predicted octanol–water partition coefficient (Wildman–Crippen LogP) is 4.81. The van der Waals surface area contributed by atoms with E-state index in [1.165, 1.54) is 44.2 Å². The summed E-state index contributed by atoms with van der Waals surface area (Å²) in [5, 5.41) is 0. The minimum atomic E-state index is 0.0327. The molecule has 2 bridgehead atoms. The van der Waals surface area contributed by atoms with Gasteiger partial charge in [-0.3, -0.25) is 4.90 Å². The van der Waals surface area contributed by atoms with Crippen molar-refractivity contribution in [2.45, 2.75) is 71.4 Å². The van der Waals surface area contributed by atoms with Crippen molar-refractivity contribution < 1.29 is 4.74 Å². The molecule has 2 aliphatic heterocycles. The summed E-state index contributed by atoms with van der Waals surface area (Å²) in [5.74, 6) is 2.31. The van der Waals surface area contributed by atoms with Gasteiger partial charge in [-0.15, -0.1) is 0 Å². The molecule has 4 rings (SSSR count). The fraction of sp³-hybridized carbons (Fsp3) is 0.818. The molecule has 2 heteroatoms. The van der Waals surface area contributed by atoms with Crippen LogP contribution < -0.4 is 0 Å². The first-order chi connectivity index (χ1) is 11.3. The molecule has 0 amide bonds. The van der Waals surface area contributed by atoms with Gasteiger partial charge in [0.15, 0.2) is 0 Å². The van der Waals surface area contributed by atoms with Crippen LogP contribution in [-0.4, -0.2) is 36.2 Å². The van der Waals surface area contributed by atoms with E-state index in [2.05, 4.69) is 45.2 Å². The molecule has 5 atom stereocenters. The molecule has 0 N–H and O–H groups in total. The molecule has 0 unspecified atom stereocenters. The molecule has 134 valence electrons. The van der Waals surface area contributed by atoms with Crippen LogP contribution in [0, 0.1) is 23.2 Å². The Balaban J connectivity index is 1.68. The van der Waals surface area contributed by atoms with Gasteiger partial charge in [0.2, 0.25) is 0 Å². The molecule has 2 saturated carbocycles. The first kappa shape index (κ1) is 16.8. The number of ether oxygens (including phenoxy) is 1. The van der Waals surface area contributed by atoms with Crippen molar-refractivity contribution in [1.29, 1.82) is 0 Å². The van der Waals surface area contributed by atoms with Gasteiger partial charge in [-0.1, -0.05) is 23.8 Å². The summed E-state index contributed by atoms with van der Waals surface area (Å²) in [5.41, 5.74) is 3.61. The first-order valence-corrected chi connectivity index (χ1v) is 10.0. The monoisotopic (exact) mass is 329 g/mol. The molecular formula is C22H35NO. The standard InChI is InChI=1S/C22H35NO/c1-15(2)6-7-18-16(3)17-8-9-22(12-17)19(18)14-23-10-11-24-21(4,5)13-20(22)23/h6,17-20H,3,7-14H2,1-2,4-5H3/t17-,18-,19+,20-,22-/m1/s1. The number of fused-ring (bicyclic) bond motifs is 2. The van der Waals surface area contributed by atoms with E-state index in [9.17, 15) is 0 Å². The second kappa shape index (κ2) is 5.71. The molecule has 0 aromatic rings. The molecule has 1 spiro atoms. The second-order valence-corrected chi connectivity index (χ2v) is 9.80. The summed E-state index contributed by atoms with van der Waals surface area (Å²) in [6.07, 6.45) is 9.09. The summed E-state index contributed by atoms with van der Waals surface area (Å²) in [4.78, 5) is 2.80. The minimum Gasteiger partial charge on any atom is -0.374 e. The van der Waals surface area contributed by atoms with E-state index in [-0.39, 0.29) is 5.60 Å². The SMILES string of the molecule is C=C1[C@@H]2CC[C@@]3(C2)[C@@H](CN2CCOC(C)(C)C[C@@H]23)[C@@H]1CC=C(C)C. The van der Waals surface area contributed by atoms with E-state index < -0.39 is 0 Å². The maximum atomic E-state index is 6.17. The molecule has 2 nitrogen and oxygen atoms in total. The average molecular weight is 330 g/mol. The summed E-state index contributed by atoms with van der Waals surface area (Å²) >= 11 is 0. The van der Waals surface area contributed by atoms with Gasteiger partial charge in [0.25, 0.3) is 0 Å². The Kier molecular flexibility index (Phi) is 4.01. The Morgan fingerprint density at radius 3 is 2.88 bits per heavy atom. The van der Waals surface area contributed by atoms with Crippen LogP contribution in [0.4, 0.5) is 0 Å². The van der Waals surface area contributed by atoms with Crippen LogP contribution in [0.15, 0.2) is 23.8 Å². The maximum absolute atomic E-state index is 6.17. The Morgan fingerprint density at radius 1 is 1.33 bits per heavy atom. The van der Waals surface area contributed by atoms with Crippen molar-refractivity contribution in [1.82, 2.24) is 4.90 Å². The molecule has 0 aromatic carbocycles. The highest BCUT2D eigenvalue weighted by Crippen LogP contribution is 2.65. The van der Waals surface area contributed by atoms with Crippen LogP contribution in [0.2, 0.25) is 0 Å². The lowest BCUT2D eigenvalue weighted by Gasteiger charge is -2.46. The van der Waals surface area contributed by atoms with Crippen molar-refractivity contribution in [3.05, 3.63) is 23.8 Å². The van der Waals surface area contributed by atoms with Crippen molar-refractivity contribution in [3.63, 3.8) is 0 Å². The quantitative estimate of drug-likeness (QED) is 0.674. The fourth-order valence-electron chi connectivity index (χ4n) is 6.54. The molecule has 2 saturated heterocycles. The van der Waals surface area contributed by atoms with Gasteiger partial charge in [-0.2, -0.15) is 0 Å². The molecule has 4 aliphatic rings. The zero-order chi connectivity index (χ0) is 17.1. The van der Waals surface area contributed by atoms with E-state index >= 15 is 0 Å². The van der Waals surface area contributed by atoms with E-state index in [0.717, 1.165) is 31.0 Å². The van der Waals surface area contributed by atoms with Gasteiger partial charge >= 0.3 is 0 Å². The van der Waals surface area contributed by atoms with Crippen LogP contribution in [-0.2, 0) is 4.74 Å². The minimum absolute atomic E-state index is 0.0327. The average Bonchev–Trinajstić information content (AvgIpc) is 2.98. The van der Waals surface area contributed by atoms with Gasteiger partial charge in [0, 0.05) is 19.1 Å².